The van der Waals surface area contributed by atoms with Crippen molar-refractivity contribution in [3.63, 3.8) is 0 Å². The lowest BCUT2D eigenvalue weighted by Crippen LogP contribution is -2.31. The number of benzene rings is 1. The first kappa shape index (κ1) is 18.3. The lowest BCUT2D eigenvalue weighted by molar-refractivity contribution is -0.383. The number of nitro groups is 1. The van der Waals surface area contributed by atoms with Crippen LogP contribution in [0.5, 0.6) is 0 Å². The van der Waals surface area contributed by atoms with Gasteiger partial charge in [-0.15, -0.1) is 0 Å². The molecule has 136 valence electrons. The van der Waals surface area contributed by atoms with Crippen LogP contribution in [0.4, 0.5) is 11.5 Å². The molecule has 2 N–H and O–H groups in total. The highest BCUT2D eigenvalue weighted by atomic mass is 79.9. The van der Waals surface area contributed by atoms with Crippen LogP contribution in [0.2, 0.25) is 0 Å². The molecule has 2 aromatic heterocycles. The second-order valence-electron chi connectivity index (χ2n) is 7.37. The van der Waals surface area contributed by atoms with Gasteiger partial charge in [0, 0.05) is 21.3 Å². The zero-order valence-corrected chi connectivity index (χ0v) is 16.5. The average Bonchev–Trinajstić information content (AvgIpc) is 2.53. The maximum Gasteiger partial charge on any atom is 0.311 e. The van der Waals surface area contributed by atoms with Crippen molar-refractivity contribution in [3.8, 4) is 0 Å². The zero-order valence-electron chi connectivity index (χ0n) is 14.9. The van der Waals surface area contributed by atoms with E-state index in [0.717, 1.165) is 16.1 Å². The molecule has 7 nitrogen and oxygen atoms in total. The highest BCUT2D eigenvalue weighted by Crippen LogP contribution is 2.34. The number of aromatic amines is 1. The van der Waals surface area contributed by atoms with Gasteiger partial charge in [0.2, 0.25) is 0 Å². The number of aromatic nitrogens is 2. The van der Waals surface area contributed by atoms with Crippen LogP contribution in [0.3, 0.4) is 0 Å². The molecule has 3 aromatic rings. The summed E-state index contributed by atoms with van der Waals surface area (Å²) in [6.45, 7) is 8.32. The van der Waals surface area contributed by atoms with E-state index in [0.29, 0.717) is 11.2 Å². The van der Waals surface area contributed by atoms with Gasteiger partial charge < -0.3 is 10.3 Å². The van der Waals surface area contributed by atoms with Gasteiger partial charge in [-0.2, -0.15) is 0 Å². The van der Waals surface area contributed by atoms with Gasteiger partial charge in [-0.1, -0.05) is 36.7 Å². The highest BCUT2D eigenvalue weighted by Gasteiger charge is 2.24. The molecule has 8 heteroatoms. The molecule has 0 aliphatic rings. The average molecular weight is 419 g/mol. The van der Waals surface area contributed by atoms with Crippen molar-refractivity contribution < 1.29 is 4.92 Å². The van der Waals surface area contributed by atoms with E-state index in [9.17, 15) is 14.9 Å². The van der Waals surface area contributed by atoms with E-state index < -0.39 is 10.5 Å². The minimum absolute atomic E-state index is 0.0432. The van der Waals surface area contributed by atoms with Crippen molar-refractivity contribution in [2.45, 2.75) is 33.7 Å². The number of H-pyrrole nitrogens is 1. The van der Waals surface area contributed by atoms with Gasteiger partial charge in [0.1, 0.15) is 5.82 Å². The minimum Gasteiger partial charge on any atom is -0.367 e. The fourth-order valence-electron chi connectivity index (χ4n) is 2.65. The van der Waals surface area contributed by atoms with Crippen LogP contribution in [-0.4, -0.2) is 20.9 Å². The van der Waals surface area contributed by atoms with Crippen LogP contribution >= 0.6 is 15.9 Å². The second-order valence-corrected chi connectivity index (χ2v) is 8.28. The van der Waals surface area contributed by atoms with Crippen LogP contribution < -0.4 is 10.9 Å². The van der Waals surface area contributed by atoms with Crippen molar-refractivity contribution in [1.29, 1.82) is 0 Å². The molecule has 0 radical (unpaired) electrons. The standard InChI is InChI=1S/C18H19BrN4O3/c1-9(18(2,3)4)21-16-11-6-5-10(19)7-12(11)14-15(22-16)13(23(25)26)8-20-17(14)24/h5-9H,1-4H3,(H,20,24)(H,21,22). The molecular formula is C18H19BrN4O3. The number of hydrogen-bond acceptors (Lipinski definition) is 5. The number of fused-ring (bicyclic) bond motifs is 3. The monoisotopic (exact) mass is 418 g/mol. The molecule has 0 aliphatic carbocycles. The fraction of sp³-hybridized carbons (Fsp3) is 0.333. The van der Waals surface area contributed by atoms with Gasteiger partial charge >= 0.3 is 5.69 Å². The molecule has 0 saturated carbocycles. The molecule has 3 rings (SSSR count). The van der Waals surface area contributed by atoms with Gasteiger partial charge in [0.15, 0.2) is 5.52 Å². The summed E-state index contributed by atoms with van der Waals surface area (Å²) in [5.41, 5.74) is -0.601. The van der Waals surface area contributed by atoms with E-state index in [2.05, 4.69) is 52.0 Å². The van der Waals surface area contributed by atoms with E-state index >= 15 is 0 Å². The Balaban J connectivity index is 2.42. The smallest absolute Gasteiger partial charge is 0.311 e. The van der Waals surface area contributed by atoms with E-state index in [1.165, 1.54) is 0 Å². The lowest BCUT2D eigenvalue weighted by Gasteiger charge is -2.29. The third kappa shape index (κ3) is 3.16. The predicted molar refractivity (Wildman–Crippen MR) is 107 cm³/mol. The number of halogens is 1. The Morgan fingerprint density at radius 1 is 1.31 bits per heavy atom. The first-order chi connectivity index (χ1) is 12.1. The summed E-state index contributed by atoms with van der Waals surface area (Å²) in [5.74, 6) is 0.524. The summed E-state index contributed by atoms with van der Waals surface area (Å²) in [6.07, 6.45) is 1.10. The quantitative estimate of drug-likeness (QED) is 0.367. The first-order valence-corrected chi connectivity index (χ1v) is 8.94. The lowest BCUT2D eigenvalue weighted by atomic mass is 9.88. The Morgan fingerprint density at radius 3 is 2.62 bits per heavy atom. The highest BCUT2D eigenvalue weighted by molar-refractivity contribution is 9.10. The Hall–Kier alpha value is -2.48. The normalized spacial score (nSPS) is 13.1. The summed E-state index contributed by atoms with van der Waals surface area (Å²) in [5, 5.41) is 16.4. The molecule has 2 heterocycles. The summed E-state index contributed by atoms with van der Waals surface area (Å²) in [6, 6.07) is 5.54. The van der Waals surface area contributed by atoms with Crippen LogP contribution in [0.15, 0.2) is 33.7 Å². The Kier molecular flexibility index (Phi) is 4.47. The summed E-state index contributed by atoms with van der Waals surface area (Å²) in [7, 11) is 0. The maximum atomic E-state index is 12.4. The topological polar surface area (TPSA) is 101 Å². The van der Waals surface area contributed by atoms with Crippen molar-refractivity contribution in [2.75, 3.05) is 5.32 Å². The van der Waals surface area contributed by atoms with Crippen LogP contribution in [0, 0.1) is 15.5 Å². The molecule has 1 aromatic carbocycles. The first-order valence-electron chi connectivity index (χ1n) is 8.15. The number of pyridine rings is 2. The van der Waals surface area contributed by atoms with Crippen molar-refractivity contribution >= 4 is 49.1 Å². The Morgan fingerprint density at radius 2 is 2.00 bits per heavy atom. The molecule has 0 spiro atoms. The van der Waals surface area contributed by atoms with Crippen molar-refractivity contribution in [1.82, 2.24) is 9.97 Å². The fourth-order valence-corrected chi connectivity index (χ4v) is 3.01. The number of nitrogens with one attached hydrogen (secondary N) is 2. The zero-order chi connectivity index (χ0) is 19.2. The van der Waals surface area contributed by atoms with Gasteiger partial charge in [0.05, 0.1) is 16.5 Å². The molecular weight excluding hydrogens is 400 g/mol. The SMILES string of the molecule is CC(Nc1nc2c([N+](=O)[O-])c[nH]c(=O)c2c2cc(Br)ccc12)C(C)(C)C. The van der Waals surface area contributed by atoms with Gasteiger partial charge in [-0.3, -0.25) is 14.9 Å². The minimum atomic E-state index is -0.536. The second kappa shape index (κ2) is 6.35. The van der Waals surface area contributed by atoms with Crippen LogP contribution in [0.1, 0.15) is 27.7 Å². The number of anilines is 1. The third-order valence-electron chi connectivity index (χ3n) is 4.63. The molecule has 26 heavy (non-hydrogen) atoms. The molecule has 1 unspecified atom stereocenters. The Bertz CT molecular complexity index is 1090. The molecule has 0 amide bonds. The number of hydrogen-bond donors (Lipinski definition) is 2. The van der Waals surface area contributed by atoms with Crippen molar-refractivity contribution in [2.24, 2.45) is 5.41 Å². The maximum absolute atomic E-state index is 12.4. The van der Waals surface area contributed by atoms with E-state index in [1.807, 2.05) is 19.1 Å². The van der Waals surface area contributed by atoms with Gasteiger partial charge in [0.25, 0.3) is 5.56 Å². The molecule has 0 fully saturated rings. The molecule has 0 aliphatic heterocycles. The van der Waals surface area contributed by atoms with E-state index in [4.69, 9.17) is 0 Å². The van der Waals surface area contributed by atoms with E-state index in [1.54, 1.807) is 6.07 Å². The van der Waals surface area contributed by atoms with E-state index in [-0.39, 0.29) is 28.0 Å². The summed E-state index contributed by atoms with van der Waals surface area (Å²) in [4.78, 5) is 30.2. The third-order valence-corrected chi connectivity index (χ3v) is 5.12. The molecule has 1 atom stereocenters. The molecule has 0 saturated heterocycles. The van der Waals surface area contributed by atoms with Gasteiger partial charge in [-0.05, 0) is 30.5 Å². The Labute approximate surface area is 158 Å². The number of rotatable bonds is 3. The summed E-state index contributed by atoms with van der Waals surface area (Å²) >= 11 is 3.41. The summed E-state index contributed by atoms with van der Waals surface area (Å²) < 4.78 is 0.776. The number of nitrogens with zero attached hydrogens (tertiary/aromatic N) is 2. The van der Waals surface area contributed by atoms with Crippen LogP contribution in [-0.2, 0) is 0 Å². The molecule has 0 bridgehead atoms. The largest absolute Gasteiger partial charge is 0.367 e. The van der Waals surface area contributed by atoms with Gasteiger partial charge in [-0.25, -0.2) is 4.98 Å². The van der Waals surface area contributed by atoms with Crippen molar-refractivity contribution in [3.05, 3.63) is 49.3 Å². The van der Waals surface area contributed by atoms with Crippen LogP contribution in [0.25, 0.3) is 21.7 Å². The predicted octanol–water partition coefficient (Wildman–Crippen LogP) is 4.59.